The molecule has 0 heterocycles. The Hall–Kier alpha value is -8.52. The van der Waals surface area contributed by atoms with Crippen molar-refractivity contribution in [3.8, 4) is 5.75 Å². The number of primary amides is 1. The predicted octanol–water partition coefficient (Wildman–Crippen LogP) is -7.87. The summed E-state index contributed by atoms with van der Waals surface area (Å²) >= 11 is 0. The summed E-state index contributed by atoms with van der Waals surface area (Å²) in [6, 6.07) is -7.57. The van der Waals surface area contributed by atoms with Gasteiger partial charge in [-0.05, 0) is 57.2 Å². The first-order valence-electron chi connectivity index (χ1n) is 23.6. The number of nitrogens with two attached hydrogens (primary N) is 2. The van der Waals surface area contributed by atoms with Crippen LogP contribution in [0.3, 0.4) is 0 Å². The van der Waals surface area contributed by atoms with Crippen LogP contribution in [0.4, 0.5) is 0 Å². The molecule has 428 valence electrons. The van der Waals surface area contributed by atoms with Crippen molar-refractivity contribution in [2.45, 2.75) is 134 Å². The Morgan fingerprint density at radius 3 is 1.52 bits per heavy atom. The number of carboxylic acid groups (broad SMARTS) is 3. The number of rotatable bonds is 34. The van der Waals surface area contributed by atoms with Crippen LogP contribution in [0.5, 0.6) is 5.75 Å². The fourth-order valence-corrected chi connectivity index (χ4v) is 6.56. The third-order valence-corrected chi connectivity index (χ3v) is 10.6. The van der Waals surface area contributed by atoms with Gasteiger partial charge in [-0.15, -0.1) is 0 Å². The second kappa shape index (κ2) is 32.7. The van der Waals surface area contributed by atoms with Crippen molar-refractivity contribution < 1.29 is 97.8 Å². The Balaban J connectivity index is 3.07. The number of aliphatic carboxylic acids is 3. The molecule has 0 saturated carbocycles. The smallest absolute Gasteiger partial charge is 0.328 e. The van der Waals surface area contributed by atoms with Gasteiger partial charge >= 0.3 is 17.9 Å². The van der Waals surface area contributed by atoms with E-state index in [-0.39, 0.29) is 24.5 Å². The Labute approximate surface area is 439 Å². The molecule has 1 rings (SSSR count). The highest BCUT2D eigenvalue weighted by Gasteiger charge is 2.34. The molecule has 1 aromatic rings. The van der Waals surface area contributed by atoms with Gasteiger partial charge in [0, 0.05) is 12.8 Å². The maximum atomic E-state index is 13.5. The van der Waals surface area contributed by atoms with E-state index in [1.165, 1.54) is 24.3 Å². The van der Waals surface area contributed by atoms with Crippen molar-refractivity contribution in [3.05, 3.63) is 29.8 Å². The number of phenols is 1. The Kier molecular flexibility index (Phi) is 28.3. The summed E-state index contributed by atoms with van der Waals surface area (Å²) in [4.78, 5) is 176. The molecule has 77 heavy (non-hydrogen) atoms. The van der Waals surface area contributed by atoms with Crippen LogP contribution in [0, 0.1) is 5.92 Å². The third kappa shape index (κ3) is 26.0. The Morgan fingerprint density at radius 2 is 1.00 bits per heavy atom. The summed E-state index contributed by atoms with van der Waals surface area (Å²) < 4.78 is 0. The van der Waals surface area contributed by atoms with Gasteiger partial charge in [-0.3, -0.25) is 62.3 Å². The summed E-state index contributed by atoms with van der Waals surface area (Å²) in [5, 5.41) is 79.1. The fraction of sp³-hybridized carbons (Fsp3) is 0.556. The number of nitrogens with one attached hydrogen (secondary N) is 10. The Bertz CT molecular complexity index is 2310. The van der Waals surface area contributed by atoms with Crippen molar-refractivity contribution >= 4 is 82.9 Å². The lowest BCUT2D eigenvalue weighted by molar-refractivity contribution is -0.145. The predicted molar refractivity (Wildman–Crippen MR) is 261 cm³/mol. The van der Waals surface area contributed by atoms with Gasteiger partial charge in [0.1, 0.15) is 42.0 Å². The average molecular weight is 1100 g/mol. The quantitative estimate of drug-likeness (QED) is 0.0305. The van der Waals surface area contributed by atoms with Crippen LogP contribution < -0.4 is 64.6 Å². The zero-order valence-electron chi connectivity index (χ0n) is 42.6. The van der Waals surface area contributed by atoms with Crippen molar-refractivity contribution in [2.24, 2.45) is 17.4 Å². The molecule has 1 aromatic carbocycles. The minimum absolute atomic E-state index is 0.0303. The lowest BCUT2D eigenvalue weighted by Crippen LogP contribution is -2.60. The molecule has 20 N–H and O–H groups in total. The second-order valence-electron chi connectivity index (χ2n) is 17.9. The molecule has 0 saturated heterocycles. The molecule has 10 atom stereocenters. The van der Waals surface area contributed by atoms with Crippen LogP contribution in [-0.2, 0) is 73.5 Å². The fourth-order valence-electron chi connectivity index (χ4n) is 6.56. The van der Waals surface area contributed by atoms with Crippen LogP contribution in [0.1, 0.15) is 72.3 Å². The van der Waals surface area contributed by atoms with Crippen LogP contribution in [0.2, 0.25) is 0 Å². The zero-order valence-corrected chi connectivity index (χ0v) is 42.6. The summed E-state index contributed by atoms with van der Waals surface area (Å²) in [5.41, 5.74) is 11.3. The highest BCUT2D eigenvalue weighted by Crippen LogP contribution is 2.13. The number of carboxylic acids is 3. The van der Waals surface area contributed by atoms with Gasteiger partial charge in [0.05, 0.1) is 50.7 Å². The van der Waals surface area contributed by atoms with Crippen LogP contribution in [-0.4, -0.2) is 194 Å². The lowest BCUT2D eigenvalue weighted by atomic mass is 10.0. The number of carbonyl (C=O) groups excluding carboxylic acids is 11. The van der Waals surface area contributed by atoms with E-state index in [0.717, 1.165) is 20.8 Å². The molecule has 0 aromatic heterocycles. The Morgan fingerprint density at radius 1 is 0.506 bits per heavy atom. The van der Waals surface area contributed by atoms with E-state index in [1.807, 2.05) is 10.6 Å². The third-order valence-electron chi connectivity index (χ3n) is 10.6. The number of carbonyl (C=O) groups is 14. The molecule has 0 unspecified atom stereocenters. The molecule has 32 heteroatoms. The topological polar surface area (TPSA) is 533 Å². The summed E-state index contributed by atoms with van der Waals surface area (Å²) in [6.45, 7) is 4.03. The minimum atomic E-state index is -1.90. The van der Waals surface area contributed by atoms with Gasteiger partial charge in [0.25, 0.3) is 0 Å². The standard InChI is InChI=1S/C45H68N12O20/c1-19(2)12-27(54-39(70)25(46)14-34(65)66)43(74)55-28(13-23-6-8-24(60)9-7-23)40(71)49-16-31(62)48-17-32(63)52-26(10-11-30(47)61)42(73)57-36(21(4)58)44(75)51-20(3)38(69)53-29(15-35(67)68)41(72)50-18-33(64)56-37(22(5)59)45(76)77/h6-9,19-22,25-29,36-37,58-60H,10-18,46H2,1-5H3,(H2,47,61)(H,48,62)(H,49,71)(H,50,72)(H,51,75)(H,52,63)(H,53,69)(H,54,70)(H,55,74)(H,56,64)(H,57,73)(H,65,66)(H,67,68)(H,76,77)/t20-,21+,22+,25-,26-,27-,28-,29-,36-,37-/m0/s1. The molecular formula is C45H68N12O20. The SMILES string of the molecule is CC(C)C[C@H](NC(=O)[C@@H](N)CC(=O)O)C(=O)N[C@@H](Cc1ccc(O)cc1)C(=O)NCC(=O)NCC(=O)N[C@@H](CCC(N)=O)C(=O)N[C@H](C(=O)N[C@@H](C)C(=O)N[C@@H](CC(=O)O)C(=O)NCC(=O)N[C@H](C(=O)O)[C@@H](C)O)[C@@H](C)O. The first-order chi connectivity index (χ1) is 35.8. The number of amides is 11. The molecule has 0 aliphatic heterocycles. The first-order valence-corrected chi connectivity index (χ1v) is 23.6. The molecule has 0 fully saturated rings. The molecule has 0 bridgehead atoms. The molecule has 0 spiro atoms. The number of hydrogen-bond acceptors (Lipinski definition) is 18. The lowest BCUT2D eigenvalue weighted by Gasteiger charge is -2.26. The van der Waals surface area contributed by atoms with Gasteiger partial charge in [0.2, 0.25) is 65.0 Å². The summed E-state index contributed by atoms with van der Waals surface area (Å²) in [5.74, 6) is -16.6. The average Bonchev–Trinajstić information content (AvgIpc) is 3.32. The monoisotopic (exact) mass is 1100 g/mol. The van der Waals surface area contributed by atoms with E-state index in [9.17, 15) is 87.5 Å². The van der Waals surface area contributed by atoms with Crippen LogP contribution >= 0.6 is 0 Å². The van der Waals surface area contributed by atoms with Gasteiger partial charge in [-0.1, -0.05) is 26.0 Å². The molecular weight excluding hydrogens is 1030 g/mol. The van der Waals surface area contributed by atoms with Gasteiger partial charge in [-0.2, -0.15) is 0 Å². The van der Waals surface area contributed by atoms with E-state index in [2.05, 4.69) is 42.5 Å². The molecule has 0 aliphatic rings. The molecule has 0 radical (unpaired) electrons. The first kappa shape index (κ1) is 66.5. The number of phenolic OH excluding ortho intramolecular Hbond substituents is 1. The van der Waals surface area contributed by atoms with Crippen molar-refractivity contribution in [2.75, 3.05) is 19.6 Å². The van der Waals surface area contributed by atoms with Gasteiger partial charge < -0.3 is 95.3 Å². The molecule has 32 nitrogen and oxygen atoms in total. The van der Waals surface area contributed by atoms with Crippen LogP contribution in [0.25, 0.3) is 0 Å². The van der Waals surface area contributed by atoms with E-state index in [1.54, 1.807) is 13.8 Å². The van der Waals surface area contributed by atoms with Gasteiger partial charge in [-0.25, -0.2) is 4.79 Å². The van der Waals surface area contributed by atoms with Crippen LogP contribution in [0.15, 0.2) is 24.3 Å². The number of benzene rings is 1. The number of aliphatic hydroxyl groups excluding tert-OH is 2. The maximum absolute atomic E-state index is 13.5. The van der Waals surface area contributed by atoms with E-state index in [0.29, 0.717) is 5.56 Å². The van der Waals surface area contributed by atoms with E-state index >= 15 is 0 Å². The van der Waals surface area contributed by atoms with Gasteiger partial charge in [0.15, 0.2) is 6.04 Å². The van der Waals surface area contributed by atoms with Crippen molar-refractivity contribution in [1.82, 2.24) is 53.2 Å². The highest BCUT2D eigenvalue weighted by atomic mass is 16.4. The molecule has 11 amide bonds. The maximum Gasteiger partial charge on any atom is 0.328 e. The zero-order chi connectivity index (χ0) is 58.9. The van der Waals surface area contributed by atoms with E-state index < -0.39 is 189 Å². The number of aromatic hydroxyl groups is 1. The normalized spacial score (nSPS) is 14.8. The summed E-state index contributed by atoms with van der Waals surface area (Å²) in [6.07, 6.45) is -6.26. The summed E-state index contributed by atoms with van der Waals surface area (Å²) in [7, 11) is 0. The van der Waals surface area contributed by atoms with Crippen molar-refractivity contribution in [3.63, 3.8) is 0 Å². The number of aliphatic hydroxyl groups is 2. The second-order valence-corrected chi connectivity index (χ2v) is 17.9. The highest BCUT2D eigenvalue weighted by molar-refractivity contribution is 5.98. The van der Waals surface area contributed by atoms with Crippen molar-refractivity contribution in [1.29, 1.82) is 0 Å². The van der Waals surface area contributed by atoms with E-state index in [4.69, 9.17) is 21.7 Å². The number of hydrogen-bond donors (Lipinski definition) is 18. The molecule has 0 aliphatic carbocycles. The largest absolute Gasteiger partial charge is 0.508 e. The minimum Gasteiger partial charge on any atom is -0.508 e.